The van der Waals surface area contributed by atoms with Gasteiger partial charge < -0.3 is 20.2 Å². The highest BCUT2D eigenvalue weighted by Crippen LogP contribution is 2.15. The molecule has 0 radical (unpaired) electrons. The van der Waals surface area contributed by atoms with Crippen LogP contribution < -0.4 is 11.1 Å². The molecule has 1 amide bonds. The number of aromatic nitrogens is 1. The van der Waals surface area contributed by atoms with Gasteiger partial charge in [0.25, 0.3) is 5.91 Å². The minimum Gasteiger partial charge on any atom is -0.446 e. The predicted octanol–water partition coefficient (Wildman–Crippen LogP) is 1.58. The Morgan fingerprint density at radius 1 is 1.65 bits per heavy atom. The molecule has 0 bridgehead atoms. The van der Waals surface area contributed by atoms with Gasteiger partial charge in [-0.1, -0.05) is 0 Å². The molecular formula is C13H23N3O3S. The first kappa shape index (κ1) is 17.0. The van der Waals surface area contributed by atoms with Gasteiger partial charge in [0.05, 0.1) is 6.04 Å². The van der Waals surface area contributed by atoms with Crippen LogP contribution in [0.3, 0.4) is 0 Å². The molecule has 3 N–H and O–H groups in total. The Balaban J connectivity index is 2.36. The second-order valence-corrected chi connectivity index (χ2v) is 5.25. The summed E-state index contributed by atoms with van der Waals surface area (Å²) in [6.45, 7) is 3.82. The first-order valence-corrected chi connectivity index (χ1v) is 8.14. The van der Waals surface area contributed by atoms with E-state index >= 15 is 0 Å². The molecule has 0 spiro atoms. The van der Waals surface area contributed by atoms with Crippen molar-refractivity contribution in [2.24, 2.45) is 5.73 Å². The van der Waals surface area contributed by atoms with E-state index in [4.69, 9.17) is 14.9 Å². The minimum absolute atomic E-state index is 0.242. The van der Waals surface area contributed by atoms with Crippen molar-refractivity contribution >= 4 is 17.7 Å². The van der Waals surface area contributed by atoms with Gasteiger partial charge in [0.2, 0.25) is 5.89 Å². The highest BCUT2D eigenvalue weighted by molar-refractivity contribution is 7.98. The average Bonchev–Trinajstić information content (AvgIpc) is 2.94. The maximum absolute atomic E-state index is 11.8. The number of rotatable bonds is 10. The van der Waals surface area contributed by atoms with Crippen LogP contribution in [0.15, 0.2) is 10.7 Å². The van der Waals surface area contributed by atoms with Crippen molar-refractivity contribution in [2.45, 2.75) is 25.8 Å². The fraction of sp³-hybridized carbons (Fsp3) is 0.692. The van der Waals surface area contributed by atoms with Crippen molar-refractivity contribution < 1.29 is 13.9 Å². The summed E-state index contributed by atoms with van der Waals surface area (Å²) in [7, 11) is 0. The SMILES string of the molecule is CCOCCCNC(=O)c1coc(C(N)CCSC)n1. The van der Waals surface area contributed by atoms with Crippen molar-refractivity contribution in [1.29, 1.82) is 0 Å². The van der Waals surface area contributed by atoms with Crippen molar-refractivity contribution in [1.82, 2.24) is 10.3 Å². The van der Waals surface area contributed by atoms with Crippen LogP contribution in [0.5, 0.6) is 0 Å². The topological polar surface area (TPSA) is 90.4 Å². The number of oxazole rings is 1. The number of carbonyl (C=O) groups excluding carboxylic acids is 1. The summed E-state index contributed by atoms with van der Waals surface area (Å²) in [6.07, 6.45) is 4.92. The molecule has 1 aromatic heterocycles. The lowest BCUT2D eigenvalue weighted by Crippen LogP contribution is -2.25. The maximum Gasteiger partial charge on any atom is 0.273 e. The number of hydrogen-bond donors (Lipinski definition) is 2. The summed E-state index contributed by atoms with van der Waals surface area (Å²) in [5.74, 6) is 1.11. The number of nitrogens with zero attached hydrogens (tertiary/aromatic N) is 1. The van der Waals surface area contributed by atoms with E-state index in [0.717, 1.165) is 18.6 Å². The molecule has 0 saturated carbocycles. The van der Waals surface area contributed by atoms with E-state index in [1.807, 2.05) is 13.2 Å². The molecule has 20 heavy (non-hydrogen) atoms. The fourth-order valence-corrected chi connectivity index (χ4v) is 2.03. The third-order valence-electron chi connectivity index (χ3n) is 2.66. The fourth-order valence-electron chi connectivity index (χ4n) is 1.54. The van der Waals surface area contributed by atoms with E-state index in [2.05, 4.69) is 10.3 Å². The molecule has 1 aromatic rings. The van der Waals surface area contributed by atoms with Crippen LogP contribution in [0, 0.1) is 0 Å². The van der Waals surface area contributed by atoms with E-state index in [0.29, 0.717) is 25.6 Å². The third-order valence-corrected chi connectivity index (χ3v) is 3.30. The quantitative estimate of drug-likeness (QED) is 0.638. The number of nitrogens with two attached hydrogens (primary N) is 1. The largest absolute Gasteiger partial charge is 0.446 e. The second-order valence-electron chi connectivity index (χ2n) is 4.27. The van der Waals surface area contributed by atoms with Crippen molar-refractivity contribution in [2.75, 3.05) is 31.8 Å². The summed E-state index contributed by atoms with van der Waals surface area (Å²) in [5.41, 5.74) is 6.21. The van der Waals surface area contributed by atoms with Gasteiger partial charge in [0.1, 0.15) is 6.26 Å². The third kappa shape index (κ3) is 5.94. The highest BCUT2D eigenvalue weighted by atomic mass is 32.2. The lowest BCUT2D eigenvalue weighted by Gasteiger charge is -2.05. The van der Waals surface area contributed by atoms with Crippen LogP contribution in [0.2, 0.25) is 0 Å². The standard InChI is InChI=1S/C13H23N3O3S/c1-3-18-7-4-6-15-12(17)11-9-19-13(16-11)10(14)5-8-20-2/h9-10H,3-8,14H2,1-2H3,(H,15,17). The van der Waals surface area contributed by atoms with Crippen molar-refractivity contribution in [3.63, 3.8) is 0 Å². The monoisotopic (exact) mass is 301 g/mol. The molecule has 0 fully saturated rings. The number of ether oxygens (including phenoxy) is 1. The Bertz CT molecular complexity index is 398. The Morgan fingerprint density at radius 2 is 2.45 bits per heavy atom. The van der Waals surface area contributed by atoms with Crippen LogP contribution in [0.4, 0.5) is 0 Å². The number of nitrogens with one attached hydrogen (secondary N) is 1. The number of hydrogen-bond acceptors (Lipinski definition) is 6. The van der Waals surface area contributed by atoms with Gasteiger partial charge in [-0.05, 0) is 31.8 Å². The first-order chi connectivity index (χ1) is 9.69. The lowest BCUT2D eigenvalue weighted by molar-refractivity contribution is 0.0939. The van der Waals surface area contributed by atoms with E-state index in [-0.39, 0.29) is 17.6 Å². The normalized spacial score (nSPS) is 12.3. The van der Waals surface area contributed by atoms with Gasteiger partial charge in [-0.2, -0.15) is 11.8 Å². The second kappa shape index (κ2) is 9.79. The molecule has 0 aliphatic heterocycles. The Hall–Kier alpha value is -1.05. The van der Waals surface area contributed by atoms with Crippen LogP contribution in [-0.2, 0) is 4.74 Å². The minimum atomic E-state index is -0.262. The maximum atomic E-state index is 11.8. The molecule has 1 unspecified atom stereocenters. The predicted molar refractivity (Wildman–Crippen MR) is 79.9 cm³/mol. The molecule has 0 aliphatic rings. The molecule has 1 rings (SSSR count). The van der Waals surface area contributed by atoms with E-state index in [1.165, 1.54) is 6.26 Å². The Morgan fingerprint density at radius 3 is 3.15 bits per heavy atom. The number of thioether (sulfide) groups is 1. The van der Waals surface area contributed by atoms with Gasteiger partial charge in [0.15, 0.2) is 5.69 Å². The number of carbonyl (C=O) groups is 1. The highest BCUT2D eigenvalue weighted by Gasteiger charge is 2.16. The van der Waals surface area contributed by atoms with Crippen LogP contribution in [-0.4, -0.2) is 42.7 Å². The summed E-state index contributed by atoms with van der Waals surface area (Å²) < 4.78 is 10.4. The van der Waals surface area contributed by atoms with E-state index in [9.17, 15) is 4.79 Å². The van der Waals surface area contributed by atoms with E-state index < -0.39 is 0 Å². The molecular weight excluding hydrogens is 278 g/mol. The Kier molecular flexibility index (Phi) is 8.32. The van der Waals surface area contributed by atoms with Gasteiger partial charge in [-0.3, -0.25) is 4.79 Å². The molecule has 1 atom stereocenters. The molecule has 7 heteroatoms. The van der Waals surface area contributed by atoms with Gasteiger partial charge in [-0.25, -0.2) is 4.98 Å². The summed E-state index contributed by atoms with van der Waals surface area (Å²) in [4.78, 5) is 15.9. The molecule has 0 saturated heterocycles. The van der Waals surface area contributed by atoms with Gasteiger partial charge in [0, 0.05) is 19.8 Å². The summed E-state index contributed by atoms with van der Waals surface area (Å²) in [6, 6.07) is -0.262. The molecule has 6 nitrogen and oxygen atoms in total. The van der Waals surface area contributed by atoms with Crippen LogP contribution >= 0.6 is 11.8 Å². The van der Waals surface area contributed by atoms with Crippen molar-refractivity contribution in [3.8, 4) is 0 Å². The van der Waals surface area contributed by atoms with Gasteiger partial charge >= 0.3 is 0 Å². The van der Waals surface area contributed by atoms with Crippen molar-refractivity contribution in [3.05, 3.63) is 17.8 Å². The smallest absolute Gasteiger partial charge is 0.273 e. The first-order valence-electron chi connectivity index (χ1n) is 6.75. The van der Waals surface area contributed by atoms with E-state index in [1.54, 1.807) is 11.8 Å². The molecule has 0 aromatic carbocycles. The number of amides is 1. The zero-order valence-corrected chi connectivity index (χ0v) is 12.9. The summed E-state index contributed by atoms with van der Waals surface area (Å²) in [5, 5.41) is 2.77. The molecule has 0 aliphatic carbocycles. The van der Waals surface area contributed by atoms with Crippen LogP contribution in [0.25, 0.3) is 0 Å². The molecule has 114 valence electrons. The lowest BCUT2D eigenvalue weighted by atomic mass is 10.2. The Labute approximate surface area is 123 Å². The zero-order chi connectivity index (χ0) is 14.8. The zero-order valence-electron chi connectivity index (χ0n) is 12.1. The average molecular weight is 301 g/mol. The summed E-state index contributed by atoms with van der Waals surface area (Å²) >= 11 is 1.71. The van der Waals surface area contributed by atoms with Crippen LogP contribution in [0.1, 0.15) is 42.2 Å². The molecule has 1 heterocycles. The van der Waals surface area contributed by atoms with Gasteiger partial charge in [-0.15, -0.1) is 0 Å².